The van der Waals surface area contributed by atoms with Crippen LogP contribution in [0.5, 0.6) is 0 Å². The van der Waals surface area contributed by atoms with Crippen molar-refractivity contribution in [1.82, 2.24) is 14.8 Å². The summed E-state index contributed by atoms with van der Waals surface area (Å²) in [5.41, 5.74) is 0.821. The summed E-state index contributed by atoms with van der Waals surface area (Å²) in [6.45, 7) is 4.09. The van der Waals surface area contributed by atoms with E-state index < -0.39 is 0 Å². The summed E-state index contributed by atoms with van der Waals surface area (Å²) in [5, 5.41) is 2.89. The molecule has 0 N–H and O–H groups in total. The Morgan fingerprint density at radius 2 is 2.00 bits per heavy atom. The molecule has 3 heterocycles. The quantitative estimate of drug-likeness (QED) is 0.861. The number of nitrogens with zero attached hydrogens (tertiary/aromatic N) is 3. The Balaban J connectivity index is 1.53. The Kier molecular flexibility index (Phi) is 4.24. The second-order valence-electron chi connectivity index (χ2n) is 5.18. The highest BCUT2D eigenvalue weighted by atomic mass is 32.1. The van der Waals surface area contributed by atoms with Gasteiger partial charge in [0.1, 0.15) is 0 Å². The van der Waals surface area contributed by atoms with Gasteiger partial charge in [-0.2, -0.15) is 0 Å². The van der Waals surface area contributed by atoms with Gasteiger partial charge in [0.2, 0.25) is 5.91 Å². The average molecular weight is 319 g/mol. The van der Waals surface area contributed by atoms with Crippen molar-refractivity contribution < 1.29 is 14.0 Å². The lowest BCUT2D eigenvalue weighted by atomic mass is 10.2. The van der Waals surface area contributed by atoms with Crippen LogP contribution in [-0.2, 0) is 11.2 Å². The monoisotopic (exact) mass is 319 g/mol. The number of furan rings is 1. The molecule has 0 aliphatic carbocycles. The Labute approximate surface area is 132 Å². The molecule has 2 aromatic rings. The SMILES string of the molecule is Cc1nc(CC(=O)N2CCN(C(=O)c3ccco3)CC2)cs1. The zero-order valence-corrected chi connectivity index (χ0v) is 13.1. The number of aromatic nitrogens is 1. The summed E-state index contributed by atoms with van der Waals surface area (Å²) in [5.74, 6) is 0.292. The fraction of sp³-hybridized carbons (Fsp3) is 0.400. The van der Waals surface area contributed by atoms with Gasteiger partial charge in [0.05, 0.1) is 23.4 Å². The summed E-state index contributed by atoms with van der Waals surface area (Å²) >= 11 is 1.55. The molecule has 3 rings (SSSR count). The van der Waals surface area contributed by atoms with E-state index in [4.69, 9.17) is 4.42 Å². The number of carbonyl (C=O) groups excluding carboxylic acids is 2. The van der Waals surface area contributed by atoms with E-state index in [0.29, 0.717) is 38.4 Å². The average Bonchev–Trinajstić information content (AvgIpc) is 3.18. The Bertz CT molecular complexity index is 657. The van der Waals surface area contributed by atoms with Gasteiger partial charge in [-0.15, -0.1) is 11.3 Å². The van der Waals surface area contributed by atoms with Crippen LogP contribution in [0.15, 0.2) is 28.2 Å². The van der Waals surface area contributed by atoms with Crippen molar-refractivity contribution in [1.29, 1.82) is 0 Å². The maximum atomic E-state index is 12.3. The molecular weight excluding hydrogens is 302 g/mol. The molecule has 1 aliphatic heterocycles. The van der Waals surface area contributed by atoms with Gasteiger partial charge in [-0.05, 0) is 19.1 Å². The third-order valence-corrected chi connectivity index (χ3v) is 4.47. The van der Waals surface area contributed by atoms with Crippen LogP contribution in [0.4, 0.5) is 0 Å². The van der Waals surface area contributed by atoms with Crippen LogP contribution in [0.3, 0.4) is 0 Å². The number of aryl methyl sites for hydroxylation is 1. The molecule has 22 heavy (non-hydrogen) atoms. The van der Waals surface area contributed by atoms with Crippen molar-refractivity contribution >= 4 is 23.2 Å². The first-order valence-electron chi connectivity index (χ1n) is 7.15. The topological polar surface area (TPSA) is 66.7 Å². The van der Waals surface area contributed by atoms with E-state index in [1.807, 2.05) is 12.3 Å². The number of hydrogen-bond donors (Lipinski definition) is 0. The molecule has 2 amide bonds. The largest absolute Gasteiger partial charge is 0.459 e. The standard InChI is InChI=1S/C15H17N3O3S/c1-11-16-12(10-22-11)9-14(19)17-4-6-18(7-5-17)15(20)13-3-2-8-21-13/h2-3,8,10H,4-7,9H2,1H3. The van der Waals surface area contributed by atoms with Crippen LogP contribution in [0.1, 0.15) is 21.3 Å². The Hall–Kier alpha value is -2.15. The molecule has 2 aromatic heterocycles. The predicted octanol–water partition coefficient (Wildman–Crippen LogP) is 1.57. The Morgan fingerprint density at radius 1 is 1.27 bits per heavy atom. The molecule has 0 spiro atoms. The molecule has 6 nitrogen and oxygen atoms in total. The third kappa shape index (κ3) is 3.19. The van der Waals surface area contributed by atoms with Gasteiger partial charge in [0.25, 0.3) is 5.91 Å². The van der Waals surface area contributed by atoms with Crippen LogP contribution < -0.4 is 0 Å². The third-order valence-electron chi connectivity index (χ3n) is 3.65. The number of hydrogen-bond acceptors (Lipinski definition) is 5. The van der Waals surface area contributed by atoms with Crippen molar-refractivity contribution in [2.24, 2.45) is 0 Å². The minimum absolute atomic E-state index is 0.0652. The first-order chi connectivity index (χ1) is 10.6. The van der Waals surface area contributed by atoms with Crippen LogP contribution in [-0.4, -0.2) is 52.8 Å². The predicted molar refractivity (Wildman–Crippen MR) is 81.7 cm³/mol. The van der Waals surface area contributed by atoms with Crippen LogP contribution in [0.2, 0.25) is 0 Å². The molecule has 1 fully saturated rings. The molecule has 0 unspecified atom stereocenters. The zero-order valence-electron chi connectivity index (χ0n) is 12.3. The van der Waals surface area contributed by atoms with E-state index in [-0.39, 0.29) is 11.8 Å². The minimum Gasteiger partial charge on any atom is -0.459 e. The van der Waals surface area contributed by atoms with Crippen molar-refractivity contribution in [3.05, 3.63) is 40.2 Å². The molecule has 1 aliphatic rings. The lowest BCUT2D eigenvalue weighted by Gasteiger charge is -2.34. The zero-order chi connectivity index (χ0) is 15.5. The molecule has 7 heteroatoms. The Morgan fingerprint density at radius 3 is 2.59 bits per heavy atom. The van der Waals surface area contributed by atoms with Crippen molar-refractivity contribution in [3.8, 4) is 0 Å². The second kappa shape index (κ2) is 6.31. The second-order valence-corrected chi connectivity index (χ2v) is 6.25. The van der Waals surface area contributed by atoms with Gasteiger partial charge >= 0.3 is 0 Å². The summed E-state index contributed by atoms with van der Waals surface area (Å²) in [7, 11) is 0. The molecule has 1 saturated heterocycles. The smallest absolute Gasteiger partial charge is 0.289 e. The van der Waals surface area contributed by atoms with E-state index in [2.05, 4.69) is 4.98 Å². The molecule has 0 atom stereocenters. The van der Waals surface area contributed by atoms with E-state index in [1.54, 1.807) is 33.3 Å². The van der Waals surface area contributed by atoms with Crippen molar-refractivity contribution in [3.63, 3.8) is 0 Å². The molecule has 0 bridgehead atoms. The minimum atomic E-state index is -0.118. The number of carbonyl (C=O) groups is 2. The van der Waals surface area contributed by atoms with Crippen LogP contribution in [0, 0.1) is 6.92 Å². The molecule has 0 aromatic carbocycles. The van der Waals surface area contributed by atoms with Gasteiger partial charge in [-0.3, -0.25) is 9.59 Å². The van der Waals surface area contributed by atoms with Gasteiger partial charge < -0.3 is 14.2 Å². The van der Waals surface area contributed by atoms with E-state index >= 15 is 0 Å². The number of amides is 2. The fourth-order valence-corrected chi connectivity index (χ4v) is 3.08. The first-order valence-corrected chi connectivity index (χ1v) is 8.03. The van der Waals surface area contributed by atoms with E-state index in [0.717, 1.165) is 10.7 Å². The summed E-state index contributed by atoms with van der Waals surface area (Å²) in [6, 6.07) is 3.35. The first kappa shape index (κ1) is 14.8. The maximum absolute atomic E-state index is 12.3. The fourth-order valence-electron chi connectivity index (χ4n) is 2.47. The van der Waals surface area contributed by atoms with Gasteiger partial charge in [-0.1, -0.05) is 0 Å². The van der Waals surface area contributed by atoms with Gasteiger partial charge in [0, 0.05) is 31.6 Å². The van der Waals surface area contributed by atoms with Crippen molar-refractivity contribution in [2.45, 2.75) is 13.3 Å². The van der Waals surface area contributed by atoms with Gasteiger partial charge in [-0.25, -0.2) is 4.98 Å². The molecule has 116 valence electrons. The molecular formula is C15H17N3O3S. The molecule has 0 saturated carbocycles. The number of piperazine rings is 1. The number of rotatable bonds is 3. The van der Waals surface area contributed by atoms with E-state index in [1.165, 1.54) is 6.26 Å². The summed E-state index contributed by atoms with van der Waals surface area (Å²) in [4.78, 5) is 32.2. The van der Waals surface area contributed by atoms with Crippen LogP contribution >= 0.6 is 11.3 Å². The molecule has 0 radical (unpaired) electrons. The highest BCUT2D eigenvalue weighted by Gasteiger charge is 2.26. The summed E-state index contributed by atoms with van der Waals surface area (Å²) < 4.78 is 5.13. The van der Waals surface area contributed by atoms with Crippen molar-refractivity contribution in [2.75, 3.05) is 26.2 Å². The highest BCUT2D eigenvalue weighted by Crippen LogP contribution is 2.12. The normalized spacial score (nSPS) is 15.1. The lowest BCUT2D eigenvalue weighted by molar-refractivity contribution is -0.132. The number of thiazole rings is 1. The lowest BCUT2D eigenvalue weighted by Crippen LogP contribution is -2.50. The van der Waals surface area contributed by atoms with Crippen LogP contribution in [0.25, 0.3) is 0 Å². The van der Waals surface area contributed by atoms with Gasteiger partial charge in [0.15, 0.2) is 5.76 Å². The maximum Gasteiger partial charge on any atom is 0.289 e. The highest BCUT2D eigenvalue weighted by molar-refractivity contribution is 7.09. The van der Waals surface area contributed by atoms with E-state index in [9.17, 15) is 9.59 Å². The summed E-state index contributed by atoms with van der Waals surface area (Å²) in [6.07, 6.45) is 1.82.